The second-order valence-corrected chi connectivity index (χ2v) is 5.89. The number of fused-ring (bicyclic) bond motifs is 1. The zero-order valence-electron chi connectivity index (χ0n) is 11.1. The normalized spacial score (nSPS) is 35.2. The van der Waals surface area contributed by atoms with Gasteiger partial charge in [-0.05, 0) is 13.8 Å². The van der Waals surface area contributed by atoms with Crippen LogP contribution >= 0.6 is 11.6 Å². The molecule has 0 bridgehead atoms. The fourth-order valence-electron chi connectivity index (χ4n) is 2.87. The minimum absolute atomic E-state index is 0.128. The number of aliphatic hydroxyl groups excluding tert-OH is 1. The van der Waals surface area contributed by atoms with Gasteiger partial charge in [-0.1, -0.05) is 16.8 Å². The summed E-state index contributed by atoms with van der Waals surface area (Å²) in [4.78, 5) is 0. The zero-order valence-corrected chi connectivity index (χ0v) is 11.8. The SMILES string of the molecule is CC1(C)O[C@@H]2[C@H](O1)[C@@H](O)C[C@H]2n1nnc(C(=N)Cl)c1N. The van der Waals surface area contributed by atoms with Crippen molar-refractivity contribution in [1.29, 1.82) is 5.41 Å². The van der Waals surface area contributed by atoms with Gasteiger partial charge in [0.2, 0.25) is 0 Å². The largest absolute Gasteiger partial charge is 0.390 e. The fourth-order valence-corrected chi connectivity index (χ4v) is 3.00. The van der Waals surface area contributed by atoms with Crippen molar-refractivity contribution < 1.29 is 14.6 Å². The minimum atomic E-state index is -0.758. The van der Waals surface area contributed by atoms with Gasteiger partial charge in [-0.25, -0.2) is 4.68 Å². The van der Waals surface area contributed by atoms with Gasteiger partial charge < -0.3 is 20.3 Å². The van der Waals surface area contributed by atoms with Crippen molar-refractivity contribution in [2.24, 2.45) is 0 Å². The standard InChI is InChI=1S/C11H16ClN5O3/c1-11(2)19-7-4(3-5(18)8(7)20-11)17-10(14)6(9(12)13)15-16-17/h4-5,7-8,13,18H,3,14H2,1-2H3/t4-,5+,7+,8-/m1/s1. The van der Waals surface area contributed by atoms with Crippen LogP contribution in [-0.4, -0.2) is 49.4 Å². The molecule has 1 saturated heterocycles. The molecule has 2 aliphatic rings. The van der Waals surface area contributed by atoms with Crippen molar-refractivity contribution in [3.63, 3.8) is 0 Å². The van der Waals surface area contributed by atoms with E-state index >= 15 is 0 Å². The summed E-state index contributed by atoms with van der Waals surface area (Å²) in [5, 5.41) is 24.9. The van der Waals surface area contributed by atoms with Gasteiger partial charge in [-0.3, -0.25) is 5.41 Å². The van der Waals surface area contributed by atoms with Gasteiger partial charge in [0.05, 0.1) is 12.1 Å². The topological polar surface area (TPSA) is 119 Å². The molecule has 9 heteroatoms. The quantitative estimate of drug-likeness (QED) is 0.674. The molecule has 0 unspecified atom stereocenters. The maximum atomic E-state index is 10.1. The van der Waals surface area contributed by atoms with Gasteiger partial charge in [-0.2, -0.15) is 0 Å². The van der Waals surface area contributed by atoms with Crippen LogP contribution in [0.2, 0.25) is 0 Å². The summed E-state index contributed by atoms with van der Waals surface area (Å²) in [6, 6.07) is -0.297. The van der Waals surface area contributed by atoms with Crippen molar-refractivity contribution in [2.45, 2.75) is 50.4 Å². The molecule has 20 heavy (non-hydrogen) atoms. The lowest BCUT2D eigenvalue weighted by Gasteiger charge is -2.22. The number of nitrogens with zero attached hydrogens (tertiary/aromatic N) is 3. The highest BCUT2D eigenvalue weighted by atomic mass is 35.5. The summed E-state index contributed by atoms with van der Waals surface area (Å²) >= 11 is 5.60. The number of halogens is 1. The third-order valence-corrected chi connectivity index (χ3v) is 3.84. The summed E-state index contributed by atoms with van der Waals surface area (Å²) < 4.78 is 13.0. The lowest BCUT2D eigenvalue weighted by atomic mass is 10.2. The smallest absolute Gasteiger partial charge is 0.166 e. The second kappa shape index (κ2) is 4.39. The zero-order chi connectivity index (χ0) is 14.7. The maximum Gasteiger partial charge on any atom is 0.166 e. The summed E-state index contributed by atoms with van der Waals surface area (Å²) in [6.07, 6.45) is -1.04. The van der Waals surface area contributed by atoms with E-state index in [-0.39, 0.29) is 28.8 Å². The van der Waals surface area contributed by atoms with Crippen molar-refractivity contribution in [3.8, 4) is 0 Å². The van der Waals surface area contributed by atoms with Crippen LogP contribution in [0.25, 0.3) is 0 Å². The van der Waals surface area contributed by atoms with Crippen LogP contribution in [0.1, 0.15) is 32.0 Å². The molecule has 0 aromatic carbocycles. The number of nitrogens with two attached hydrogens (primary N) is 1. The first kappa shape index (κ1) is 13.7. The molecule has 4 atom stereocenters. The van der Waals surface area contributed by atoms with E-state index in [2.05, 4.69) is 10.3 Å². The number of rotatable bonds is 2. The molecule has 0 amide bonds. The number of anilines is 1. The molecule has 1 saturated carbocycles. The molecular formula is C11H16ClN5O3. The molecule has 3 rings (SSSR count). The van der Waals surface area contributed by atoms with E-state index in [0.717, 1.165) is 0 Å². The van der Waals surface area contributed by atoms with E-state index in [9.17, 15) is 5.11 Å². The highest BCUT2D eigenvalue weighted by molar-refractivity contribution is 6.68. The Labute approximate surface area is 120 Å². The summed E-state index contributed by atoms with van der Waals surface area (Å²) in [7, 11) is 0. The molecule has 1 aliphatic carbocycles. The third kappa shape index (κ3) is 1.99. The molecule has 4 N–H and O–H groups in total. The molecule has 0 radical (unpaired) electrons. The predicted molar refractivity (Wildman–Crippen MR) is 70.6 cm³/mol. The maximum absolute atomic E-state index is 10.1. The Hall–Kier alpha value is -1.22. The highest BCUT2D eigenvalue weighted by Crippen LogP contribution is 2.44. The van der Waals surface area contributed by atoms with Gasteiger partial charge in [0.1, 0.15) is 12.2 Å². The van der Waals surface area contributed by atoms with Crippen molar-refractivity contribution in [2.75, 3.05) is 5.73 Å². The first-order valence-electron chi connectivity index (χ1n) is 6.29. The van der Waals surface area contributed by atoms with Crippen LogP contribution in [-0.2, 0) is 9.47 Å². The number of hydrogen-bond acceptors (Lipinski definition) is 7. The average molecular weight is 302 g/mol. The molecule has 2 fully saturated rings. The molecule has 1 aromatic heterocycles. The van der Waals surface area contributed by atoms with E-state index in [1.807, 2.05) is 0 Å². The van der Waals surface area contributed by atoms with Gasteiger partial charge in [0, 0.05) is 6.42 Å². The second-order valence-electron chi connectivity index (χ2n) is 5.52. The third-order valence-electron chi connectivity index (χ3n) is 3.66. The number of nitrogens with one attached hydrogen (secondary N) is 1. The number of aromatic nitrogens is 3. The first-order valence-corrected chi connectivity index (χ1v) is 6.67. The molecule has 2 heterocycles. The molecule has 110 valence electrons. The number of hydrogen-bond donors (Lipinski definition) is 3. The van der Waals surface area contributed by atoms with E-state index in [1.54, 1.807) is 13.8 Å². The van der Waals surface area contributed by atoms with Crippen LogP contribution in [0.5, 0.6) is 0 Å². The Kier molecular flexibility index (Phi) is 3.02. The predicted octanol–water partition coefficient (Wildman–Crippen LogP) is 0.250. The molecule has 1 aliphatic heterocycles. The van der Waals surface area contributed by atoms with Gasteiger partial charge in [0.15, 0.2) is 22.5 Å². The van der Waals surface area contributed by atoms with Gasteiger partial charge in [0.25, 0.3) is 0 Å². The highest BCUT2D eigenvalue weighted by Gasteiger charge is 2.55. The molecular weight excluding hydrogens is 286 g/mol. The van der Waals surface area contributed by atoms with Crippen LogP contribution < -0.4 is 5.73 Å². The van der Waals surface area contributed by atoms with E-state index in [4.69, 9.17) is 32.2 Å². The Morgan fingerprint density at radius 1 is 1.50 bits per heavy atom. The van der Waals surface area contributed by atoms with Crippen LogP contribution in [0.15, 0.2) is 0 Å². The Balaban J connectivity index is 1.93. The lowest BCUT2D eigenvalue weighted by Crippen LogP contribution is -2.29. The molecule has 0 spiro atoms. The van der Waals surface area contributed by atoms with Crippen molar-refractivity contribution in [3.05, 3.63) is 5.69 Å². The summed E-state index contributed by atoms with van der Waals surface area (Å²) in [6.45, 7) is 3.58. The van der Waals surface area contributed by atoms with E-state index in [0.29, 0.717) is 6.42 Å². The lowest BCUT2D eigenvalue weighted by molar-refractivity contribution is -0.166. The van der Waals surface area contributed by atoms with Crippen LogP contribution in [0.3, 0.4) is 0 Å². The monoisotopic (exact) mass is 301 g/mol. The van der Waals surface area contributed by atoms with Crippen LogP contribution in [0, 0.1) is 5.41 Å². The van der Waals surface area contributed by atoms with E-state index < -0.39 is 18.0 Å². The van der Waals surface area contributed by atoms with Gasteiger partial charge in [-0.15, -0.1) is 5.10 Å². The van der Waals surface area contributed by atoms with Gasteiger partial charge >= 0.3 is 0 Å². The van der Waals surface area contributed by atoms with Crippen molar-refractivity contribution in [1.82, 2.24) is 15.0 Å². The van der Waals surface area contributed by atoms with Crippen LogP contribution in [0.4, 0.5) is 5.82 Å². The number of ether oxygens (including phenoxy) is 2. The minimum Gasteiger partial charge on any atom is -0.390 e. The summed E-state index contributed by atoms with van der Waals surface area (Å²) in [5.41, 5.74) is 6.04. The van der Waals surface area contributed by atoms with E-state index in [1.165, 1.54) is 4.68 Å². The first-order chi connectivity index (χ1) is 9.30. The molecule has 8 nitrogen and oxygen atoms in total. The van der Waals surface area contributed by atoms with Crippen molar-refractivity contribution >= 4 is 22.6 Å². The Morgan fingerprint density at radius 2 is 2.15 bits per heavy atom. The Morgan fingerprint density at radius 3 is 2.75 bits per heavy atom. The number of aliphatic hydroxyl groups is 1. The fraction of sp³-hybridized carbons (Fsp3) is 0.727. The average Bonchev–Trinajstić information content (AvgIpc) is 2.93. The Bertz CT molecular complexity index is 560. The summed E-state index contributed by atoms with van der Waals surface area (Å²) in [5.74, 6) is -0.567. The number of nitrogen functional groups attached to an aromatic ring is 1. The molecule has 1 aromatic rings.